The third-order valence-corrected chi connectivity index (χ3v) is 7.45. The summed E-state index contributed by atoms with van der Waals surface area (Å²) in [5.74, 6) is 0.0289. The second-order valence-corrected chi connectivity index (χ2v) is 9.71. The lowest BCUT2D eigenvalue weighted by atomic mass is 10.3. The van der Waals surface area contributed by atoms with Crippen molar-refractivity contribution in [3.63, 3.8) is 0 Å². The Balaban J connectivity index is 1.64. The third kappa shape index (κ3) is 3.30. The van der Waals surface area contributed by atoms with E-state index in [4.69, 9.17) is 0 Å². The summed E-state index contributed by atoms with van der Waals surface area (Å²) in [6, 6.07) is 1.70. The van der Waals surface area contributed by atoms with Gasteiger partial charge in [0.05, 0.1) is 11.4 Å². The summed E-state index contributed by atoms with van der Waals surface area (Å²) >= 11 is 1.33. The number of carbonyl (C=O) groups is 1. The summed E-state index contributed by atoms with van der Waals surface area (Å²) in [6.07, 6.45) is 5.48. The molecule has 0 bridgehead atoms. The molecule has 7 nitrogen and oxygen atoms in total. The number of rotatable bonds is 5. The summed E-state index contributed by atoms with van der Waals surface area (Å²) < 4.78 is 29.3. The molecular weight excluding hydrogens is 372 g/mol. The number of amides is 1. The van der Waals surface area contributed by atoms with Crippen LogP contribution in [-0.2, 0) is 17.1 Å². The van der Waals surface area contributed by atoms with Crippen molar-refractivity contribution in [1.82, 2.24) is 19.2 Å². The Morgan fingerprint density at radius 2 is 2.00 bits per heavy atom. The zero-order valence-electron chi connectivity index (χ0n) is 14.9. The second-order valence-electron chi connectivity index (χ2n) is 7.00. The molecule has 9 heteroatoms. The van der Waals surface area contributed by atoms with Gasteiger partial charge in [-0.15, -0.1) is 11.3 Å². The first-order valence-electron chi connectivity index (χ1n) is 8.81. The Bertz CT molecular complexity index is 951. The van der Waals surface area contributed by atoms with Crippen LogP contribution >= 0.6 is 11.3 Å². The normalized spacial score (nSPS) is 17.8. The highest BCUT2D eigenvalue weighted by Crippen LogP contribution is 2.32. The molecule has 4 rings (SSSR count). The van der Waals surface area contributed by atoms with E-state index in [1.54, 1.807) is 23.9 Å². The van der Waals surface area contributed by atoms with Crippen molar-refractivity contribution in [2.75, 3.05) is 13.1 Å². The Morgan fingerprint density at radius 3 is 2.65 bits per heavy atom. The van der Waals surface area contributed by atoms with Gasteiger partial charge in [0.25, 0.3) is 5.91 Å². The van der Waals surface area contributed by atoms with Crippen molar-refractivity contribution in [3.05, 3.63) is 22.8 Å². The van der Waals surface area contributed by atoms with Crippen LogP contribution in [0.3, 0.4) is 0 Å². The van der Waals surface area contributed by atoms with Gasteiger partial charge in [0.2, 0.25) is 10.0 Å². The van der Waals surface area contributed by atoms with E-state index in [2.05, 4.69) is 9.71 Å². The van der Waals surface area contributed by atoms with E-state index in [0.717, 1.165) is 38.8 Å². The van der Waals surface area contributed by atoms with Crippen LogP contribution in [0.5, 0.6) is 0 Å². The minimum Gasteiger partial charge on any atom is -0.347 e. The van der Waals surface area contributed by atoms with Crippen molar-refractivity contribution in [2.45, 2.75) is 43.5 Å². The molecule has 1 aliphatic carbocycles. The average molecular weight is 395 g/mol. The summed E-state index contributed by atoms with van der Waals surface area (Å²) in [7, 11) is -1.71. The van der Waals surface area contributed by atoms with E-state index in [-0.39, 0.29) is 16.8 Å². The van der Waals surface area contributed by atoms with Crippen LogP contribution in [0.1, 0.15) is 41.0 Å². The summed E-state index contributed by atoms with van der Waals surface area (Å²) in [4.78, 5) is 20.0. The maximum absolute atomic E-state index is 12.7. The Kier molecular flexibility index (Phi) is 4.40. The molecular formula is C17H22N4O3S2. The molecule has 26 heavy (non-hydrogen) atoms. The topological polar surface area (TPSA) is 84.3 Å². The van der Waals surface area contributed by atoms with Gasteiger partial charge in [-0.25, -0.2) is 18.1 Å². The van der Waals surface area contributed by atoms with E-state index in [1.807, 2.05) is 11.8 Å². The number of sulfonamides is 1. The smallest absolute Gasteiger partial charge is 0.265 e. The highest BCUT2D eigenvalue weighted by Gasteiger charge is 2.30. The first-order valence-corrected chi connectivity index (χ1v) is 11.1. The van der Waals surface area contributed by atoms with Crippen LogP contribution in [0.25, 0.3) is 10.7 Å². The van der Waals surface area contributed by atoms with Gasteiger partial charge in [0.15, 0.2) is 0 Å². The largest absolute Gasteiger partial charge is 0.347 e. The highest BCUT2D eigenvalue weighted by molar-refractivity contribution is 7.89. The molecule has 1 aliphatic heterocycles. The molecule has 1 amide bonds. The lowest BCUT2D eigenvalue weighted by Crippen LogP contribution is -2.27. The van der Waals surface area contributed by atoms with Crippen molar-refractivity contribution < 1.29 is 13.2 Å². The van der Waals surface area contributed by atoms with Gasteiger partial charge < -0.3 is 9.47 Å². The number of hydrogen-bond acceptors (Lipinski definition) is 5. The summed E-state index contributed by atoms with van der Waals surface area (Å²) in [6.45, 7) is 3.42. The first kappa shape index (κ1) is 17.7. The number of thiazole rings is 1. The Labute approximate surface area is 157 Å². The van der Waals surface area contributed by atoms with Crippen LogP contribution in [0.4, 0.5) is 0 Å². The number of aromatic nitrogens is 2. The first-order chi connectivity index (χ1) is 12.3. The molecule has 0 aromatic carbocycles. The van der Waals surface area contributed by atoms with Crippen LogP contribution in [0.2, 0.25) is 0 Å². The second kappa shape index (κ2) is 6.47. The number of likely N-dealkylation sites (tertiary alicyclic amines) is 1. The Morgan fingerprint density at radius 1 is 1.31 bits per heavy atom. The fourth-order valence-corrected chi connectivity index (χ4v) is 5.62. The van der Waals surface area contributed by atoms with Gasteiger partial charge in [0.1, 0.15) is 14.8 Å². The molecule has 2 aromatic heterocycles. The lowest BCUT2D eigenvalue weighted by molar-refractivity contribution is 0.0796. The van der Waals surface area contributed by atoms with Crippen LogP contribution in [0.15, 0.2) is 17.2 Å². The maximum atomic E-state index is 12.7. The highest BCUT2D eigenvalue weighted by atomic mass is 32.2. The zero-order chi connectivity index (χ0) is 18.5. The van der Waals surface area contributed by atoms with Crippen LogP contribution in [-0.4, -0.2) is 47.9 Å². The molecule has 3 heterocycles. The number of carbonyl (C=O) groups excluding carboxylic acids is 1. The van der Waals surface area contributed by atoms with E-state index >= 15 is 0 Å². The van der Waals surface area contributed by atoms with Gasteiger partial charge in [-0.3, -0.25) is 4.79 Å². The summed E-state index contributed by atoms with van der Waals surface area (Å²) in [5.41, 5.74) is 1.40. The van der Waals surface area contributed by atoms with E-state index in [1.165, 1.54) is 11.3 Å². The number of nitrogens with zero attached hydrogens (tertiary/aromatic N) is 3. The molecule has 0 radical (unpaired) electrons. The van der Waals surface area contributed by atoms with Gasteiger partial charge in [0, 0.05) is 32.4 Å². The molecule has 2 fully saturated rings. The predicted molar refractivity (Wildman–Crippen MR) is 99.7 cm³/mol. The molecule has 1 saturated carbocycles. The SMILES string of the molecule is Cc1nc(-c2cc(S(=O)(=O)NC3CC3)cn2C)sc1C(=O)N1CCCC1. The van der Waals surface area contributed by atoms with Crippen molar-refractivity contribution in [2.24, 2.45) is 7.05 Å². The van der Waals surface area contributed by atoms with Gasteiger partial charge >= 0.3 is 0 Å². The van der Waals surface area contributed by atoms with Crippen molar-refractivity contribution in [1.29, 1.82) is 0 Å². The monoisotopic (exact) mass is 394 g/mol. The standard InChI is InChI=1S/C17H22N4O3S2/c1-11-15(17(22)21-7-3-4-8-21)25-16(18-11)14-9-13(10-20(14)2)26(23,24)19-12-5-6-12/h9-10,12,19H,3-8H2,1-2H3. The molecule has 0 spiro atoms. The third-order valence-electron chi connectivity index (χ3n) is 4.79. The molecule has 2 aromatic rings. The van der Waals surface area contributed by atoms with Gasteiger partial charge in [-0.2, -0.15) is 0 Å². The van der Waals surface area contributed by atoms with Gasteiger partial charge in [-0.05, 0) is 38.7 Å². The number of hydrogen-bond donors (Lipinski definition) is 1. The zero-order valence-corrected chi connectivity index (χ0v) is 16.5. The van der Waals surface area contributed by atoms with Crippen LogP contribution in [0, 0.1) is 6.92 Å². The quantitative estimate of drug-likeness (QED) is 0.842. The molecule has 0 atom stereocenters. The van der Waals surface area contributed by atoms with E-state index < -0.39 is 10.0 Å². The van der Waals surface area contributed by atoms with Crippen LogP contribution < -0.4 is 4.72 Å². The minimum atomic E-state index is -3.51. The molecule has 1 saturated heterocycles. The lowest BCUT2D eigenvalue weighted by Gasteiger charge is -2.13. The maximum Gasteiger partial charge on any atom is 0.265 e. The van der Waals surface area contributed by atoms with Gasteiger partial charge in [-0.1, -0.05) is 0 Å². The summed E-state index contributed by atoms with van der Waals surface area (Å²) in [5, 5.41) is 0.667. The average Bonchev–Trinajstić information content (AvgIpc) is 3.02. The predicted octanol–water partition coefficient (Wildman–Crippen LogP) is 2.13. The van der Waals surface area contributed by atoms with E-state index in [0.29, 0.717) is 21.3 Å². The number of aryl methyl sites for hydroxylation is 2. The number of nitrogens with one attached hydrogen (secondary N) is 1. The fraction of sp³-hybridized carbons (Fsp3) is 0.529. The fourth-order valence-electron chi connectivity index (χ4n) is 3.15. The molecule has 2 aliphatic rings. The Hall–Kier alpha value is -1.71. The minimum absolute atomic E-state index is 0.0289. The molecule has 140 valence electrons. The van der Waals surface area contributed by atoms with E-state index in [9.17, 15) is 13.2 Å². The van der Waals surface area contributed by atoms with Crippen molar-refractivity contribution in [3.8, 4) is 10.7 Å². The molecule has 0 unspecified atom stereocenters. The molecule has 1 N–H and O–H groups in total. The van der Waals surface area contributed by atoms with Crippen molar-refractivity contribution >= 4 is 27.3 Å².